The summed E-state index contributed by atoms with van der Waals surface area (Å²) in [5.74, 6) is 0.0898. The first-order valence-corrected chi connectivity index (χ1v) is 12.5. The minimum Gasteiger partial charge on any atom is -0.477 e. The van der Waals surface area contributed by atoms with Crippen molar-refractivity contribution in [3.05, 3.63) is 36.3 Å². The molecule has 3 aliphatic rings. The van der Waals surface area contributed by atoms with Crippen LogP contribution in [0.5, 0.6) is 0 Å². The number of hydrogen-bond acceptors (Lipinski definition) is 7. The number of nitrogens with one attached hydrogen (secondary N) is 2. The Morgan fingerprint density at radius 3 is 2.66 bits per heavy atom. The SMILES string of the molecule is O=C(O)c1cc2cnc(Nc3ccc(N4C[C@H]5CC[C@@H](CC4=O)N5)cn3)nc2n1C1CCCCC1. The first kappa shape index (κ1) is 22.0. The Balaban J connectivity index is 1.25. The number of rotatable bonds is 5. The van der Waals surface area contributed by atoms with Crippen LogP contribution >= 0.6 is 0 Å². The van der Waals surface area contributed by atoms with Gasteiger partial charge in [-0.15, -0.1) is 0 Å². The molecule has 182 valence electrons. The smallest absolute Gasteiger partial charge is 0.352 e. The predicted molar refractivity (Wildman–Crippen MR) is 131 cm³/mol. The molecule has 2 saturated heterocycles. The lowest BCUT2D eigenvalue weighted by molar-refractivity contribution is -0.118. The summed E-state index contributed by atoms with van der Waals surface area (Å²) in [6.45, 7) is 0.660. The molecule has 1 amide bonds. The standard InChI is InChI=1S/C25H29N7O3/c33-22-11-16-6-7-17(28-16)14-31(22)19-8-9-21(26-13-19)29-25-27-12-15-10-20(24(34)35)32(23(15)30-25)18-4-2-1-3-5-18/h8-10,12-13,16-18,28H,1-7,11,14H2,(H,34,35)(H,26,27,29,30)/t16-,17+/m0/s1. The summed E-state index contributed by atoms with van der Waals surface area (Å²) in [5, 5.41) is 17.2. The van der Waals surface area contributed by atoms with Gasteiger partial charge in [0.05, 0.1) is 11.9 Å². The van der Waals surface area contributed by atoms with E-state index in [0.717, 1.165) is 44.2 Å². The molecule has 0 unspecified atom stereocenters. The van der Waals surface area contributed by atoms with Gasteiger partial charge in [-0.3, -0.25) is 4.79 Å². The van der Waals surface area contributed by atoms with E-state index in [1.165, 1.54) is 6.42 Å². The minimum atomic E-state index is -0.952. The first-order chi connectivity index (χ1) is 17.0. The molecule has 1 saturated carbocycles. The van der Waals surface area contributed by atoms with Crippen LogP contribution in [0.25, 0.3) is 11.0 Å². The second-order valence-electron chi connectivity index (χ2n) is 9.84. The van der Waals surface area contributed by atoms with Crippen LogP contribution in [0.15, 0.2) is 30.6 Å². The molecule has 2 aliphatic heterocycles. The number of carbonyl (C=O) groups is 2. The van der Waals surface area contributed by atoms with Crippen molar-refractivity contribution in [3.63, 3.8) is 0 Å². The predicted octanol–water partition coefficient (Wildman–Crippen LogP) is 3.63. The second-order valence-corrected chi connectivity index (χ2v) is 9.84. The van der Waals surface area contributed by atoms with Crippen LogP contribution in [0.1, 0.15) is 67.9 Å². The number of aromatic carboxylic acids is 1. The number of carbonyl (C=O) groups excluding carboxylic acids is 1. The molecule has 10 heteroatoms. The molecule has 10 nitrogen and oxygen atoms in total. The number of carboxylic acids is 1. The summed E-state index contributed by atoms with van der Waals surface area (Å²) in [5.41, 5.74) is 1.66. The lowest BCUT2D eigenvalue weighted by Crippen LogP contribution is -2.37. The largest absolute Gasteiger partial charge is 0.477 e. The monoisotopic (exact) mass is 475 g/mol. The van der Waals surface area contributed by atoms with E-state index >= 15 is 0 Å². The van der Waals surface area contributed by atoms with Crippen LogP contribution in [0.3, 0.4) is 0 Å². The Labute approximate surface area is 202 Å². The lowest BCUT2D eigenvalue weighted by Gasteiger charge is -2.25. The number of fused-ring (bicyclic) bond motifs is 3. The number of carboxylic acid groups (broad SMARTS) is 1. The van der Waals surface area contributed by atoms with Gasteiger partial charge in [0.1, 0.15) is 17.2 Å². The van der Waals surface area contributed by atoms with Crippen molar-refractivity contribution in [2.75, 3.05) is 16.8 Å². The molecule has 3 aromatic heterocycles. The third-order valence-corrected chi connectivity index (χ3v) is 7.49. The van der Waals surface area contributed by atoms with Crippen molar-refractivity contribution in [1.29, 1.82) is 0 Å². The third kappa shape index (κ3) is 4.22. The van der Waals surface area contributed by atoms with Gasteiger partial charge < -0.3 is 25.2 Å². The molecule has 35 heavy (non-hydrogen) atoms. The molecule has 0 aromatic carbocycles. The Bertz CT molecular complexity index is 1270. The molecule has 3 fully saturated rings. The van der Waals surface area contributed by atoms with Crippen molar-refractivity contribution < 1.29 is 14.7 Å². The van der Waals surface area contributed by atoms with Gasteiger partial charge in [-0.1, -0.05) is 19.3 Å². The number of aromatic nitrogens is 4. The number of anilines is 3. The maximum absolute atomic E-state index is 12.7. The average Bonchev–Trinajstić information content (AvgIpc) is 3.43. The molecular weight excluding hydrogens is 446 g/mol. The van der Waals surface area contributed by atoms with E-state index < -0.39 is 5.97 Å². The van der Waals surface area contributed by atoms with Crippen LogP contribution < -0.4 is 15.5 Å². The maximum atomic E-state index is 12.7. The van der Waals surface area contributed by atoms with Crippen LogP contribution in [0.2, 0.25) is 0 Å². The maximum Gasteiger partial charge on any atom is 0.352 e. The molecular formula is C25H29N7O3. The second kappa shape index (κ2) is 8.92. The summed E-state index contributed by atoms with van der Waals surface area (Å²) in [7, 11) is 0. The van der Waals surface area contributed by atoms with Crippen molar-refractivity contribution >= 4 is 40.4 Å². The quantitative estimate of drug-likeness (QED) is 0.511. The van der Waals surface area contributed by atoms with E-state index in [9.17, 15) is 14.7 Å². The Hall–Kier alpha value is -3.53. The van der Waals surface area contributed by atoms with Gasteiger partial charge in [0, 0.05) is 42.7 Å². The molecule has 2 bridgehead atoms. The van der Waals surface area contributed by atoms with E-state index in [4.69, 9.17) is 0 Å². The Morgan fingerprint density at radius 1 is 1.06 bits per heavy atom. The van der Waals surface area contributed by atoms with Gasteiger partial charge in [0.15, 0.2) is 0 Å². The van der Waals surface area contributed by atoms with E-state index in [1.807, 2.05) is 21.6 Å². The highest BCUT2D eigenvalue weighted by molar-refractivity contribution is 5.94. The summed E-state index contributed by atoms with van der Waals surface area (Å²) >= 11 is 0. The molecule has 3 N–H and O–H groups in total. The molecule has 1 aliphatic carbocycles. The van der Waals surface area contributed by atoms with Crippen molar-refractivity contribution in [2.45, 2.75) is 69.5 Å². The highest BCUT2D eigenvalue weighted by Gasteiger charge is 2.34. The van der Waals surface area contributed by atoms with Gasteiger partial charge in [-0.2, -0.15) is 4.98 Å². The fourth-order valence-electron chi connectivity index (χ4n) is 5.78. The topological polar surface area (TPSA) is 125 Å². The van der Waals surface area contributed by atoms with Crippen LogP contribution in [0, 0.1) is 0 Å². The summed E-state index contributed by atoms with van der Waals surface area (Å²) in [6.07, 6.45) is 11.3. The van der Waals surface area contributed by atoms with Gasteiger partial charge in [0.25, 0.3) is 0 Å². The molecule has 3 aromatic rings. The summed E-state index contributed by atoms with van der Waals surface area (Å²) in [6, 6.07) is 6.10. The van der Waals surface area contributed by atoms with Crippen LogP contribution in [-0.4, -0.2) is 55.1 Å². The summed E-state index contributed by atoms with van der Waals surface area (Å²) in [4.78, 5) is 40.0. The van der Waals surface area contributed by atoms with Gasteiger partial charge in [-0.05, 0) is 43.9 Å². The highest BCUT2D eigenvalue weighted by Crippen LogP contribution is 2.33. The number of amides is 1. The minimum absolute atomic E-state index is 0.124. The van der Waals surface area contributed by atoms with Crippen molar-refractivity contribution in [1.82, 2.24) is 24.8 Å². The first-order valence-electron chi connectivity index (χ1n) is 12.5. The van der Waals surface area contributed by atoms with E-state index in [1.54, 1.807) is 18.5 Å². The Kier molecular flexibility index (Phi) is 5.60. The van der Waals surface area contributed by atoms with Crippen LogP contribution in [0.4, 0.5) is 17.5 Å². The zero-order chi connectivity index (χ0) is 23.9. The van der Waals surface area contributed by atoms with Gasteiger partial charge in [0.2, 0.25) is 11.9 Å². The molecule has 0 radical (unpaired) electrons. The highest BCUT2D eigenvalue weighted by atomic mass is 16.4. The fourth-order valence-corrected chi connectivity index (χ4v) is 5.78. The zero-order valence-electron chi connectivity index (χ0n) is 19.5. The Morgan fingerprint density at radius 2 is 1.89 bits per heavy atom. The lowest BCUT2D eigenvalue weighted by atomic mass is 9.95. The van der Waals surface area contributed by atoms with Gasteiger partial charge >= 0.3 is 5.97 Å². The molecule has 2 atom stereocenters. The third-order valence-electron chi connectivity index (χ3n) is 7.49. The summed E-state index contributed by atoms with van der Waals surface area (Å²) < 4.78 is 1.87. The molecule has 6 rings (SSSR count). The van der Waals surface area contributed by atoms with Gasteiger partial charge in [-0.25, -0.2) is 14.8 Å². The normalized spacial score (nSPS) is 23.0. The van der Waals surface area contributed by atoms with E-state index in [0.29, 0.717) is 41.8 Å². The number of nitrogens with zero attached hydrogens (tertiary/aromatic N) is 5. The molecule has 0 spiro atoms. The molecule has 5 heterocycles. The van der Waals surface area contributed by atoms with Crippen LogP contribution in [-0.2, 0) is 4.79 Å². The number of hydrogen-bond donors (Lipinski definition) is 3. The van der Waals surface area contributed by atoms with E-state index in [2.05, 4.69) is 25.6 Å². The van der Waals surface area contributed by atoms with E-state index in [-0.39, 0.29) is 23.7 Å². The zero-order valence-corrected chi connectivity index (χ0v) is 19.5. The van der Waals surface area contributed by atoms with Crippen molar-refractivity contribution in [3.8, 4) is 0 Å². The fraction of sp³-hybridized carbons (Fsp3) is 0.480. The average molecular weight is 476 g/mol. The number of pyridine rings is 1. The van der Waals surface area contributed by atoms with Crippen molar-refractivity contribution in [2.24, 2.45) is 0 Å².